The number of carbonyl (C=O) groups excluding carboxylic acids is 1. The Morgan fingerprint density at radius 1 is 1.16 bits per heavy atom. The summed E-state index contributed by atoms with van der Waals surface area (Å²) in [7, 11) is 1.83. The first-order chi connectivity index (χ1) is 15.2. The van der Waals surface area contributed by atoms with Gasteiger partial charge in [0.2, 0.25) is 5.16 Å². The first-order valence-electron chi connectivity index (χ1n) is 10.2. The van der Waals surface area contributed by atoms with Gasteiger partial charge in [-0.1, -0.05) is 30.0 Å². The summed E-state index contributed by atoms with van der Waals surface area (Å²) in [6.07, 6.45) is 4.23. The van der Waals surface area contributed by atoms with Crippen molar-refractivity contribution < 1.29 is 9.53 Å². The average Bonchev–Trinajstić information content (AvgIpc) is 3.20. The number of pyridine rings is 1. The minimum absolute atomic E-state index is 0.290. The van der Waals surface area contributed by atoms with Crippen LogP contribution in [0.1, 0.15) is 18.4 Å². The maximum Gasteiger partial charge on any atom is 0.415 e. The van der Waals surface area contributed by atoms with Crippen LogP contribution in [0.2, 0.25) is 0 Å². The van der Waals surface area contributed by atoms with E-state index in [1.54, 1.807) is 33.1 Å². The van der Waals surface area contributed by atoms with Crippen molar-refractivity contribution in [3.63, 3.8) is 0 Å². The first kappa shape index (κ1) is 21.6. The van der Waals surface area contributed by atoms with Crippen LogP contribution < -0.4 is 4.74 Å². The molecule has 1 aliphatic heterocycles. The number of hydrogen-bond donors (Lipinski definition) is 0. The highest BCUT2D eigenvalue weighted by Gasteiger charge is 2.26. The second kappa shape index (κ2) is 10.6. The Bertz CT molecular complexity index is 975. The monoisotopic (exact) mass is 456 g/mol. The lowest BCUT2D eigenvalue weighted by Gasteiger charge is -2.30. The number of aromatic nitrogens is 5. The van der Waals surface area contributed by atoms with Crippen molar-refractivity contribution in [2.75, 3.05) is 18.8 Å². The number of carbonyl (C=O) groups is 1. The molecule has 4 rings (SSSR count). The van der Waals surface area contributed by atoms with Gasteiger partial charge in [0, 0.05) is 37.3 Å². The highest BCUT2D eigenvalue weighted by Crippen LogP contribution is 2.28. The molecule has 0 radical (unpaired) electrons. The van der Waals surface area contributed by atoms with Crippen molar-refractivity contribution in [3.8, 4) is 5.75 Å². The summed E-state index contributed by atoms with van der Waals surface area (Å²) < 4.78 is 7.24. The topological polar surface area (TPSA) is 86.0 Å². The van der Waals surface area contributed by atoms with Crippen LogP contribution in [-0.4, -0.2) is 60.3 Å². The van der Waals surface area contributed by atoms with E-state index in [2.05, 4.69) is 20.5 Å². The molecular weight excluding hydrogens is 432 g/mol. The maximum absolute atomic E-state index is 12.5. The lowest BCUT2D eigenvalue weighted by Crippen LogP contribution is -2.41. The van der Waals surface area contributed by atoms with Crippen LogP contribution in [0.25, 0.3) is 0 Å². The zero-order chi connectivity index (χ0) is 21.5. The van der Waals surface area contributed by atoms with Crippen LogP contribution in [-0.2, 0) is 13.5 Å². The van der Waals surface area contributed by atoms with Gasteiger partial charge in [0.05, 0.1) is 5.03 Å². The molecule has 1 aromatic carbocycles. The molecule has 3 heterocycles. The second-order valence-electron chi connectivity index (χ2n) is 7.17. The van der Waals surface area contributed by atoms with Crippen molar-refractivity contribution in [1.29, 1.82) is 0 Å². The Morgan fingerprint density at radius 2 is 1.97 bits per heavy atom. The Balaban J connectivity index is 1.19. The number of hydrogen-bond acceptors (Lipinski definition) is 8. The van der Waals surface area contributed by atoms with Gasteiger partial charge < -0.3 is 9.64 Å². The molecule has 0 saturated carbocycles. The average molecular weight is 457 g/mol. The second-order valence-corrected chi connectivity index (χ2v) is 9.55. The summed E-state index contributed by atoms with van der Waals surface area (Å²) in [6, 6.07) is 13.7. The quantitative estimate of drug-likeness (QED) is 0.498. The SMILES string of the molecule is Cn1nnnc1SC1CCN(C(=O)Oc2ccc(CCSc3ccccn3)cc2)CC1. The van der Waals surface area contributed by atoms with E-state index in [-0.39, 0.29) is 6.09 Å². The van der Waals surface area contributed by atoms with E-state index in [1.165, 1.54) is 5.56 Å². The van der Waals surface area contributed by atoms with Gasteiger partial charge in [-0.25, -0.2) is 14.5 Å². The van der Waals surface area contributed by atoms with Gasteiger partial charge in [0.15, 0.2) is 0 Å². The molecule has 3 aromatic rings. The molecular formula is C21H24N6O2S2. The molecule has 0 atom stereocenters. The van der Waals surface area contributed by atoms with Crippen LogP contribution in [0.5, 0.6) is 5.75 Å². The van der Waals surface area contributed by atoms with Gasteiger partial charge in [-0.15, -0.1) is 16.9 Å². The molecule has 10 heteroatoms. The molecule has 0 aliphatic carbocycles. The van der Waals surface area contributed by atoms with Gasteiger partial charge in [-0.3, -0.25) is 0 Å². The van der Waals surface area contributed by atoms with E-state index in [4.69, 9.17) is 4.74 Å². The number of thioether (sulfide) groups is 2. The third-order valence-corrected chi connectivity index (χ3v) is 7.27. The Labute approximate surface area is 189 Å². The molecule has 0 unspecified atom stereocenters. The lowest BCUT2D eigenvalue weighted by atomic mass is 10.1. The zero-order valence-corrected chi connectivity index (χ0v) is 18.9. The Hall–Kier alpha value is -2.59. The molecule has 8 nitrogen and oxygen atoms in total. The fourth-order valence-electron chi connectivity index (χ4n) is 3.22. The smallest absolute Gasteiger partial charge is 0.410 e. The standard InChI is InChI=1S/C21H24N6O2S2/c1-26-20(23-24-25-26)31-18-9-13-27(14-10-18)21(28)29-17-7-5-16(6-8-17)11-15-30-19-4-2-3-12-22-19/h2-8,12,18H,9-11,13-15H2,1H3. The molecule has 0 bridgehead atoms. The van der Waals surface area contributed by atoms with Crippen LogP contribution in [0, 0.1) is 0 Å². The molecule has 0 N–H and O–H groups in total. The third-order valence-electron chi connectivity index (χ3n) is 4.96. The predicted octanol–water partition coefficient (Wildman–Crippen LogP) is 3.70. The van der Waals surface area contributed by atoms with E-state index in [0.29, 0.717) is 24.1 Å². The van der Waals surface area contributed by atoms with Gasteiger partial charge in [0.25, 0.3) is 0 Å². The fraction of sp³-hybridized carbons (Fsp3) is 0.381. The van der Waals surface area contributed by atoms with Crippen LogP contribution in [0.15, 0.2) is 58.8 Å². The van der Waals surface area contributed by atoms with Crippen LogP contribution >= 0.6 is 23.5 Å². The number of nitrogens with zero attached hydrogens (tertiary/aromatic N) is 6. The third kappa shape index (κ3) is 6.20. The molecule has 0 spiro atoms. The minimum Gasteiger partial charge on any atom is -0.410 e. The number of ether oxygens (including phenoxy) is 1. The van der Waals surface area contributed by atoms with E-state index in [0.717, 1.165) is 35.2 Å². The van der Waals surface area contributed by atoms with Gasteiger partial charge >= 0.3 is 6.09 Å². The van der Waals surface area contributed by atoms with E-state index < -0.39 is 0 Å². The highest BCUT2D eigenvalue weighted by molar-refractivity contribution is 7.99. The lowest BCUT2D eigenvalue weighted by molar-refractivity contribution is 0.143. The number of piperidine rings is 1. The molecule has 1 amide bonds. The number of benzene rings is 1. The van der Waals surface area contributed by atoms with Crippen molar-refractivity contribution >= 4 is 29.6 Å². The van der Waals surface area contributed by atoms with Gasteiger partial charge in [-0.2, -0.15) is 0 Å². The largest absolute Gasteiger partial charge is 0.415 e. The summed E-state index contributed by atoms with van der Waals surface area (Å²) >= 11 is 3.40. The van der Waals surface area contributed by atoms with E-state index >= 15 is 0 Å². The van der Waals surface area contributed by atoms with Crippen molar-refractivity contribution in [2.24, 2.45) is 7.05 Å². The minimum atomic E-state index is -0.290. The van der Waals surface area contributed by atoms with Crippen LogP contribution in [0.3, 0.4) is 0 Å². The maximum atomic E-state index is 12.5. The normalized spacial score (nSPS) is 14.5. The number of rotatable bonds is 7. The van der Waals surface area contributed by atoms with Gasteiger partial charge in [-0.05, 0) is 59.5 Å². The number of tetrazole rings is 1. The van der Waals surface area contributed by atoms with Gasteiger partial charge in [0.1, 0.15) is 5.75 Å². The van der Waals surface area contributed by atoms with Crippen molar-refractivity contribution in [2.45, 2.75) is 34.7 Å². The molecule has 2 aromatic heterocycles. The Morgan fingerprint density at radius 3 is 2.65 bits per heavy atom. The molecule has 31 heavy (non-hydrogen) atoms. The van der Waals surface area contributed by atoms with E-state index in [1.807, 2.05) is 55.7 Å². The first-order valence-corrected chi connectivity index (χ1v) is 12.0. The zero-order valence-electron chi connectivity index (χ0n) is 17.3. The molecule has 162 valence electrons. The number of aryl methyl sites for hydroxylation is 2. The van der Waals surface area contributed by atoms with Crippen molar-refractivity contribution in [1.82, 2.24) is 30.1 Å². The van der Waals surface area contributed by atoms with Crippen molar-refractivity contribution in [3.05, 3.63) is 54.2 Å². The van der Waals surface area contributed by atoms with E-state index in [9.17, 15) is 4.79 Å². The number of likely N-dealkylation sites (tertiary alicyclic amines) is 1. The summed E-state index contributed by atoms with van der Waals surface area (Å²) in [5.41, 5.74) is 1.21. The Kier molecular flexibility index (Phi) is 7.42. The summed E-state index contributed by atoms with van der Waals surface area (Å²) in [5, 5.41) is 13.8. The summed E-state index contributed by atoms with van der Waals surface area (Å²) in [5.74, 6) is 1.53. The summed E-state index contributed by atoms with van der Waals surface area (Å²) in [4.78, 5) is 18.6. The molecule has 1 fully saturated rings. The molecule has 1 aliphatic rings. The molecule has 1 saturated heterocycles. The van der Waals surface area contributed by atoms with Crippen LogP contribution in [0.4, 0.5) is 4.79 Å². The fourth-order valence-corrected chi connectivity index (χ4v) is 5.10. The highest BCUT2D eigenvalue weighted by atomic mass is 32.2. The summed E-state index contributed by atoms with van der Waals surface area (Å²) in [6.45, 7) is 1.34. The number of amides is 1. The predicted molar refractivity (Wildman–Crippen MR) is 120 cm³/mol.